The number of hydrogen-bond donors (Lipinski definition) is 2. The average Bonchev–Trinajstić information content (AvgIpc) is 3.15. The van der Waals surface area contributed by atoms with Gasteiger partial charge in [0.2, 0.25) is 5.91 Å². The van der Waals surface area contributed by atoms with Crippen LogP contribution in [-0.2, 0) is 14.4 Å². The maximum absolute atomic E-state index is 12.1. The summed E-state index contributed by atoms with van der Waals surface area (Å²) in [4.78, 5) is 32.4. The molecule has 2 unspecified atom stereocenters. The van der Waals surface area contributed by atoms with Gasteiger partial charge in [0.25, 0.3) is 0 Å². The third-order valence-electron chi connectivity index (χ3n) is 4.18. The molecule has 0 saturated carbocycles. The molecule has 0 bridgehead atoms. The lowest BCUT2D eigenvalue weighted by Crippen LogP contribution is -2.42. The van der Waals surface area contributed by atoms with Gasteiger partial charge in [-0.3, -0.25) is 4.79 Å². The van der Waals surface area contributed by atoms with Gasteiger partial charge in [0.05, 0.1) is 25.3 Å². The van der Waals surface area contributed by atoms with E-state index in [1.165, 1.54) is 0 Å². The van der Waals surface area contributed by atoms with Crippen molar-refractivity contribution in [2.75, 3.05) is 13.2 Å². The molecule has 8 heteroatoms. The summed E-state index contributed by atoms with van der Waals surface area (Å²) >= 11 is 0. The molecule has 1 heterocycles. The molecule has 1 aromatic rings. The normalized spacial score (nSPS) is 16.3. The first-order valence-corrected chi connectivity index (χ1v) is 9.42. The molecule has 1 aliphatic heterocycles. The third kappa shape index (κ3) is 6.91. The number of nitrogens with zero attached hydrogens (tertiary/aromatic N) is 2. The van der Waals surface area contributed by atoms with Gasteiger partial charge in [-0.2, -0.15) is 0 Å². The summed E-state index contributed by atoms with van der Waals surface area (Å²) in [5, 5.41) is 9.50. The fourth-order valence-corrected chi connectivity index (χ4v) is 2.59. The number of alkyl carbamates (subject to hydrolysis) is 1. The van der Waals surface area contributed by atoms with E-state index in [1.54, 1.807) is 19.1 Å². The Morgan fingerprint density at radius 1 is 1.39 bits per heavy atom. The summed E-state index contributed by atoms with van der Waals surface area (Å²) in [6, 6.07) is 6.87. The Hall–Kier alpha value is -3.08. The maximum atomic E-state index is 12.1. The van der Waals surface area contributed by atoms with Crippen LogP contribution >= 0.6 is 0 Å². The molecular weight excluding hydrogens is 360 g/mol. The molecule has 28 heavy (non-hydrogen) atoms. The molecule has 2 atom stereocenters. The van der Waals surface area contributed by atoms with Crippen molar-refractivity contribution in [2.45, 2.75) is 51.7 Å². The van der Waals surface area contributed by atoms with E-state index in [1.807, 2.05) is 19.1 Å². The number of hydrogen-bond acceptors (Lipinski definition) is 5. The lowest BCUT2D eigenvalue weighted by atomic mass is 10.0. The first kappa shape index (κ1) is 21.2. The number of carbonyl (C=O) groups is 2. The van der Waals surface area contributed by atoms with Crippen LogP contribution in [0.4, 0.5) is 10.5 Å². The molecule has 1 aromatic carbocycles. The summed E-state index contributed by atoms with van der Waals surface area (Å²) < 4.78 is 5.02. The van der Waals surface area contributed by atoms with E-state index < -0.39 is 6.09 Å². The molecule has 0 spiro atoms. The smallest absolute Gasteiger partial charge is 0.407 e. The molecule has 8 nitrogen and oxygen atoms in total. The summed E-state index contributed by atoms with van der Waals surface area (Å²) in [6.45, 7) is 11.5. The van der Waals surface area contributed by atoms with Crippen molar-refractivity contribution in [1.29, 1.82) is 0 Å². The van der Waals surface area contributed by atoms with Crippen molar-refractivity contribution in [2.24, 2.45) is 5.16 Å². The highest BCUT2D eigenvalue weighted by atomic mass is 16.6. The van der Waals surface area contributed by atoms with Gasteiger partial charge >= 0.3 is 6.09 Å². The average molecular weight is 386 g/mol. The van der Waals surface area contributed by atoms with E-state index >= 15 is 0 Å². The fourth-order valence-electron chi connectivity index (χ4n) is 2.59. The largest absolute Gasteiger partial charge is 0.450 e. The van der Waals surface area contributed by atoms with Gasteiger partial charge in [-0.25, -0.2) is 9.64 Å². The minimum Gasteiger partial charge on any atom is -0.450 e. The molecule has 0 saturated heterocycles. The maximum Gasteiger partial charge on any atom is 0.407 e. The molecule has 150 valence electrons. The fraction of sp³-hybridized carbons (Fsp3) is 0.500. The highest BCUT2D eigenvalue weighted by molar-refractivity contribution is 6.01. The predicted molar refractivity (Wildman–Crippen MR) is 105 cm³/mol. The predicted octanol–water partition coefficient (Wildman–Crippen LogP) is 3.15. The molecule has 2 amide bonds. The highest BCUT2D eigenvalue weighted by Gasteiger charge is 2.25. The van der Waals surface area contributed by atoms with E-state index in [0.29, 0.717) is 25.3 Å². The van der Waals surface area contributed by atoms with Crippen LogP contribution in [0.15, 0.2) is 29.4 Å². The van der Waals surface area contributed by atoms with Gasteiger partial charge in [-0.15, -0.1) is 0 Å². The SMILES string of the molecule is [C-]#[N+]c1ccc(C2=NOC(CC(=O)NCC(C)NC(=O)OCCCC)C2)cc1. The van der Waals surface area contributed by atoms with E-state index in [-0.39, 0.29) is 24.5 Å². The van der Waals surface area contributed by atoms with Gasteiger partial charge < -0.3 is 20.2 Å². The molecule has 0 fully saturated rings. The number of benzene rings is 1. The van der Waals surface area contributed by atoms with Crippen molar-refractivity contribution >= 4 is 23.4 Å². The van der Waals surface area contributed by atoms with Crippen molar-refractivity contribution < 1.29 is 19.2 Å². The van der Waals surface area contributed by atoms with Gasteiger partial charge in [0.15, 0.2) is 5.69 Å². The topological polar surface area (TPSA) is 93.4 Å². The van der Waals surface area contributed by atoms with Crippen molar-refractivity contribution in [1.82, 2.24) is 10.6 Å². The Kier molecular flexibility index (Phi) is 8.28. The Balaban J connectivity index is 1.67. The molecule has 1 aliphatic rings. The monoisotopic (exact) mass is 386 g/mol. The zero-order valence-electron chi connectivity index (χ0n) is 16.2. The second kappa shape index (κ2) is 10.9. The van der Waals surface area contributed by atoms with Gasteiger partial charge in [0, 0.05) is 19.0 Å². The number of unbranched alkanes of at least 4 members (excludes halogenated alkanes) is 1. The number of rotatable bonds is 9. The minimum atomic E-state index is -0.475. The van der Waals surface area contributed by atoms with E-state index in [9.17, 15) is 9.59 Å². The van der Waals surface area contributed by atoms with Crippen molar-refractivity contribution in [3.63, 3.8) is 0 Å². The van der Waals surface area contributed by atoms with Crippen LogP contribution in [0.25, 0.3) is 4.85 Å². The van der Waals surface area contributed by atoms with Crippen LogP contribution in [0, 0.1) is 6.57 Å². The van der Waals surface area contributed by atoms with Crippen molar-refractivity contribution in [3.8, 4) is 0 Å². The van der Waals surface area contributed by atoms with Crippen LogP contribution in [0.1, 0.15) is 45.1 Å². The number of nitrogens with one attached hydrogen (secondary N) is 2. The number of oxime groups is 1. The van der Waals surface area contributed by atoms with E-state index in [2.05, 4.69) is 20.6 Å². The van der Waals surface area contributed by atoms with Gasteiger partial charge in [-0.1, -0.05) is 42.8 Å². The molecule has 0 radical (unpaired) electrons. The Labute approximate surface area is 165 Å². The second-order valence-electron chi connectivity index (χ2n) is 6.67. The quantitative estimate of drug-likeness (QED) is 0.504. The summed E-state index contributed by atoms with van der Waals surface area (Å²) in [6.07, 6.45) is 1.70. The summed E-state index contributed by atoms with van der Waals surface area (Å²) in [7, 11) is 0. The lowest BCUT2D eigenvalue weighted by molar-refractivity contribution is -0.123. The van der Waals surface area contributed by atoms with Crippen LogP contribution in [0.2, 0.25) is 0 Å². The molecule has 2 N–H and O–H groups in total. The molecular formula is C20H26N4O4. The van der Waals surface area contributed by atoms with E-state index in [4.69, 9.17) is 16.1 Å². The third-order valence-corrected chi connectivity index (χ3v) is 4.18. The Morgan fingerprint density at radius 2 is 2.14 bits per heavy atom. The molecule has 0 aromatic heterocycles. The summed E-state index contributed by atoms with van der Waals surface area (Å²) in [5.41, 5.74) is 2.21. The van der Waals surface area contributed by atoms with Gasteiger partial charge in [-0.05, 0) is 18.9 Å². The first-order valence-electron chi connectivity index (χ1n) is 9.42. The number of ether oxygens (including phenoxy) is 1. The number of amides is 2. The van der Waals surface area contributed by atoms with Crippen LogP contribution in [-0.4, -0.2) is 43.0 Å². The van der Waals surface area contributed by atoms with Crippen LogP contribution in [0.3, 0.4) is 0 Å². The Morgan fingerprint density at radius 3 is 2.82 bits per heavy atom. The molecule has 2 rings (SSSR count). The number of carbonyl (C=O) groups excluding carboxylic acids is 2. The first-order chi connectivity index (χ1) is 13.5. The lowest BCUT2D eigenvalue weighted by Gasteiger charge is -2.15. The summed E-state index contributed by atoms with van der Waals surface area (Å²) in [5.74, 6) is -0.169. The van der Waals surface area contributed by atoms with Gasteiger partial charge in [0.1, 0.15) is 6.10 Å². The standard InChI is InChI=1S/C20H26N4O4/c1-4-5-10-27-20(26)23-14(2)13-22-19(25)12-17-11-18(24-28-17)15-6-8-16(21-3)9-7-15/h6-9,14,17H,4-5,10-13H2,1-2H3,(H,22,25)(H,23,26). The minimum absolute atomic E-state index is 0.169. The Bertz CT molecular complexity index is 740. The highest BCUT2D eigenvalue weighted by Crippen LogP contribution is 2.21. The van der Waals surface area contributed by atoms with Crippen LogP contribution in [0.5, 0.6) is 0 Å². The van der Waals surface area contributed by atoms with Crippen LogP contribution < -0.4 is 10.6 Å². The molecule has 0 aliphatic carbocycles. The zero-order chi connectivity index (χ0) is 20.4. The zero-order valence-corrected chi connectivity index (χ0v) is 16.2. The second-order valence-corrected chi connectivity index (χ2v) is 6.67. The van der Waals surface area contributed by atoms with E-state index in [0.717, 1.165) is 24.1 Å². The van der Waals surface area contributed by atoms with Crippen molar-refractivity contribution in [3.05, 3.63) is 41.2 Å².